The van der Waals surface area contributed by atoms with Crippen molar-refractivity contribution in [2.45, 2.75) is 26.3 Å². The zero-order valence-electron chi connectivity index (χ0n) is 12.3. The third-order valence-corrected chi connectivity index (χ3v) is 5.23. The zero-order valence-corrected chi connectivity index (χ0v) is 13.2. The Balaban J connectivity index is 1.93. The van der Waals surface area contributed by atoms with Crippen molar-refractivity contribution in [1.82, 2.24) is 9.80 Å². The van der Waals surface area contributed by atoms with Gasteiger partial charge in [-0.15, -0.1) is 11.3 Å². The van der Waals surface area contributed by atoms with E-state index in [1.807, 2.05) is 6.07 Å². The van der Waals surface area contributed by atoms with E-state index >= 15 is 0 Å². The monoisotopic (exact) mass is 280 g/mol. The molecule has 0 aromatic carbocycles. The van der Waals surface area contributed by atoms with Gasteiger partial charge >= 0.3 is 0 Å². The second-order valence-corrected chi connectivity index (χ2v) is 6.91. The SMILES string of the molecule is CCc1ccc(C(=O)CN2CC(C)C(N(C)C)C2)s1. The van der Waals surface area contributed by atoms with Crippen LogP contribution in [0.4, 0.5) is 0 Å². The summed E-state index contributed by atoms with van der Waals surface area (Å²) >= 11 is 1.65. The number of nitrogens with zero attached hydrogens (tertiary/aromatic N) is 2. The van der Waals surface area contributed by atoms with E-state index < -0.39 is 0 Å². The van der Waals surface area contributed by atoms with Crippen molar-refractivity contribution < 1.29 is 4.79 Å². The van der Waals surface area contributed by atoms with Gasteiger partial charge in [0.25, 0.3) is 0 Å². The molecule has 2 atom stereocenters. The fourth-order valence-electron chi connectivity index (χ4n) is 2.85. The van der Waals surface area contributed by atoms with E-state index in [1.54, 1.807) is 11.3 Å². The van der Waals surface area contributed by atoms with Crippen molar-refractivity contribution in [1.29, 1.82) is 0 Å². The third kappa shape index (κ3) is 3.44. The first kappa shape index (κ1) is 14.7. The Bertz CT molecular complexity index is 441. The highest BCUT2D eigenvalue weighted by Gasteiger charge is 2.31. The van der Waals surface area contributed by atoms with Gasteiger partial charge < -0.3 is 4.90 Å². The van der Waals surface area contributed by atoms with Crippen LogP contribution in [0.5, 0.6) is 0 Å². The molecule has 0 saturated carbocycles. The van der Waals surface area contributed by atoms with Crippen molar-refractivity contribution in [3.05, 3.63) is 21.9 Å². The minimum atomic E-state index is 0.274. The molecule has 3 nitrogen and oxygen atoms in total. The molecule has 2 unspecified atom stereocenters. The Kier molecular flexibility index (Phi) is 4.76. The number of thiophene rings is 1. The number of Topliss-reactive ketones (excluding diaryl/α,β-unsaturated/α-hetero) is 1. The predicted molar refractivity (Wildman–Crippen MR) is 81.1 cm³/mol. The summed E-state index contributed by atoms with van der Waals surface area (Å²) in [7, 11) is 4.25. The lowest BCUT2D eigenvalue weighted by atomic mass is 10.1. The average molecular weight is 280 g/mol. The van der Waals surface area contributed by atoms with Crippen LogP contribution in [0.25, 0.3) is 0 Å². The van der Waals surface area contributed by atoms with E-state index in [0.717, 1.165) is 24.4 Å². The molecule has 0 N–H and O–H groups in total. The number of carbonyl (C=O) groups is 1. The number of carbonyl (C=O) groups excluding carboxylic acids is 1. The number of rotatable bonds is 5. The van der Waals surface area contributed by atoms with Crippen LogP contribution < -0.4 is 0 Å². The molecule has 1 aliphatic rings. The molecule has 1 fully saturated rings. The summed E-state index contributed by atoms with van der Waals surface area (Å²) in [5, 5.41) is 0. The minimum absolute atomic E-state index is 0.274. The summed E-state index contributed by atoms with van der Waals surface area (Å²) in [6.45, 7) is 7.00. The molecule has 2 heterocycles. The molecule has 1 aliphatic heterocycles. The first-order chi connectivity index (χ1) is 9.01. The largest absolute Gasteiger partial charge is 0.305 e. The number of likely N-dealkylation sites (N-methyl/N-ethyl adjacent to an activating group) is 1. The molecule has 0 amide bonds. The summed E-state index contributed by atoms with van der Waals surface area (Å²) in [5.74, 6) is 0.911. The highest BCUT2D eigenvalue weighted by Crippen LogP contribution is 2.22. The van der Waals surface area contributed by atoms with E-state index in [-0.39, 0.29) is 5.78 Å². The van der Waals surface area contributed by atoms with Gasteiger partial charge in [0.05, 0.1) is 11.4 Å². The van der Waals surface area contributed by atoms with Crippen LogP contribution in [-0.4, -0.2) is 55.4 Å². The smallest absolute Gasteiger partial charge is 0.186 e. The van der Waals surface area contributed by atoms with Crippen molar-refractivity contribution >= 4 is 17.1 Å². The van der Waals surface area contributed by atoms with E-state index in [2.05, 4.69) is 43.8 Å². The molecule has 0 radical (unpaired) electrons. The minimum Gasteiger partial charge on any atom is -0.305 e. The van der Waals surface area contributed by atoms with Gasteiger partial charge in [-0.3, -0.25) is 9.69 Å². The van der Waals surface area contributed by atoms with Crippen molar-refractivity contribution in [3.8, 4) is 0 Å². The maximum atomic E-state index is 12.3. The average Bonchev–Trinajstić information content (AvgIpc) is 2.95. The second kappa shape index (κ2) is 6.16. The van der Waals surface area contributed by atoms with Gasteiger partial charge in [-0.05, 0) is 38.6 Å². The first-order valence-electron chi connectivity index (χ1n) is 7.02. The fraction of sp³-hybridized carbons (Fsp3) is 0.667. The Morgan fingerprint density at radius 3 is 2.68 bits per heavy atom. The first-order valence-corrected chi connectivity index (χ1v) is 7.83. The highest BCUT2D eigenvalue weighted by atomic mass is 32.1. The maximum absolute atomic E-state index is 12.3. The quantitative estimate of drug-likeness (QED) is 0.774. The van der Waals surface area contributed by atoms with Gasteiger partial charge in [-0.1, -0.05) is 13.8 Å². The van der Waals surface area contributed by atoms with Gasteiger partial charge in [0.15, 0.2) is 5.78 Å². The summed E-state index contributed by atoms with van der Waals surface area (Å²) in [4.78, 5) is 19.0. The summed E-state index contributed by atoms with van der Waals surface area (Å²) in [5.41, 5.74) is 0. The molecule has 0 bridgehead atoms. The summed E-state index contributed by atoms with van der Waals surface area (Å²) in [6.07, 6.45) is 1.02. The molecule has 4 heteroatoms. The van der Waals surface area contributed by atoms with Crippen LogP contribution in [0, 0.1) is 5.92 Å². The number of hydrogen-bond acceptors (Lipinski definition) is 4. The third-order valence-electron chi connectivity index (χ3n) is 3.96. The number of likely N-dealkylation sites (tertiary alicyclic amines) is 1. The Hall–Kier alpha value is -0.710. The molecule has 19 heavy (non-hydrogen) atoms. The molecular weight excluding hydrogens is 256 g/mol. The van der Waals surface area contributed by atoms with Gasteiger partial charge in [0, 0.05) is 24.0 Å². The Morgan fingerprint density at radius 1 is 1.42 bits per heavy atom. The van der Waals surface area contributed by atoms with E-state index in [4.69, 9.17) is 0 Å². The summed E-state index contributed by atoms with van der Waals surface area (Å²) < 4.78 is 0. The normalized spacial score (nSPS) is 24.3. The standard InChI is InChI=1S/C15H24N2OS/c1-5-12-6-7-15(19-12)14(18)10-17-8-11(2)13(9-17)16(3)4/h6-7,11,13H,5,8-10H2,1-4H3. The molecule has 1 saturated heterocycles. The van der Waals surface area contributed by atoms with Crippen molar-refractivity contribution in [3.63, 3.8) is 0 Å². The number of hydrogen-bond donors (Lipinski definition) is 0. The van der Waals surface area contributed by atoms with Crippen molar-refractivity contribution in [2.24, 2.45) is 5.92 Å². The van der Waals surface area contributed by atoms with Crippen LogP contribution in [0.1, 0.15) is 28.4 Å². The molecule has 2 rings (SSSR count). The Morgan fingerprint density at radius 2 is 2.16 bits per heavy atom. The lowest BCUT2D eigenvalue weighted by Gasteiger charge is -2.22. The Labute approximate surface area is 120 Å². The van der Waals surface area contributed by atoms with Gasteiger partial charge in [0.2, 0.25) is 0 Å². The second-order valence-electron chi connectivity index (χ2n) is 5.75. The molecule has 0 aliphatic carbocycles. The molecule has 1 aromatic rings. The van der Waals surface area contributed by atoms with Crippen LogP contribution >= 0.6 is 11.3 Å². The van der Waals surface area contributed by atoms with Crippen LogP contribution in [-0.2, 0) is 6.42 Å². The van der Waals surface area contributed by atoms with Gasteiger partial charge in [-0.25, -0.2) is 0 Å². The number of aryl methyl sites for hydroxylation is 1. The fourth-order valence-corrected chi connectivity index (χ4v) is 3.73. The van der Waals surface area contributed by atoms with Crippen LogP contribution in [0.15, 0.2) is 12.1 Å². The topological polar surface area (TPSA) is 23.6 Å². The van der Waals surface area contributed by atoms with E-state index in [1.165, 1.54) is 4.88 Å². The van der Waals surface area contributed by atoms with Crippen LogP contribution in [0.3, 0.4) is 0 Å². The molecular formula is C15H24N2OS. The predicted octanol–water partition coefficient (Wildman–Crippen LogP) is 2.38. The highest BCUT2D eigenvalue weighted by molar-refractivity contribution is 7.14. The number of ketones is 1. The molecule has 106 valence electrons. The lowest BCUT2D eigenvalue weighted by Crippen LogP contribution is -2.35. The molecule has 0 spiro atoms. The van der Waals surface area contributed by atoms with E-state index in [0.29, 0.717) is 18.5 Å². The molecule has 1 aromatic heterocycles. The van der Waals surface area contributed by atoms with E-state index in [9.17, 15) is 4.79 Å². The van der Waals surface area contributed by atoms with Gasteiger partial charge in [-0.2, -0.15) is 0 Å². The zero-order chi connectivity index (χ0) is 14.0. The van der Waals surface area contributed by atoms with Gasteiger partial charge in [0.1, 0.15) is 0 Å². The maximum Gasteiger partial charge on any atom is 0.186 e. The van der Waals surface area contributed by atoms with Crippen molar-refractivity contribution in [2.75, 3.05) is 33.7 Å². The van der Waals surface area contributed by atoms with Crippen LogP contribution in [0.2, 0.25) is 0 Å². The lowest BCUT2D eigenvalue weighted by molar-refractivity contribution is 0.0945. The summed E-state index contributed by atoms with van der Waals surface area (Å²) in [6, 6.07) is 4.63.